The summed E-state index contributed by atoms with van der Waals surface area (Å²) in [5.74, 6) is -0.539. The highest BCUT2D eigenvalue weighted by Gasteiger charge is 2.30. The normalized spacial score (nSPS) is 17.7. The van der Waals surface area contributed by atoms with E-state index in [0.29, 0.717) is 0 Å². The second-order valence-corrected chi connectivity index (χ2v) is 6.24. The van der Waals surface area contributed by atoms with Gasteiger partial charge in [-0.25, -0.2) is 17.5 Å². The molecule has 4 N–H and O–H groups in total. The number of halogens is 1. The minimum Gasteiger partial charge on any atom is -0.399 e. The lowest BCUT2D eigenvalue weighted by atomic mass is 10.2. The van der Waals surface area contributed by atoms with E-state index in [1.807, 2.05) is 0 Å². The molecule has 1 aromatic carbocycles. The van der Waals surface area contributed by atoms with Crippen molar-refractivity contribution in [3.63, 3.8) is 0 Å². The van der Waals surface area contributed by atoms with Gasteiger partial charge in [0, 0.05) is 12.2 Å². The number of anilines is 1. The minimum absolute atomic E-state index is 0.0399. The zero-order valence-corrected chi connectivity index (χ0v) is 10.5. The van der Waals surface area contributed by atoms with Crippen LogP contribution in [0.3, 0.4) is 0 Å². The van der Waals surface area contributed by atoms with Crippen molar-refractivity contribution in [3.8, 4) is 0 Å². The number of nitrogens with one attached hydrogen (secondary N) is 1. The van der Waals surface area contributed by atoms with Gasteiger partial charge in [-0.2, -0.15) is 0 Å². The Labute approximate surface area is 105 Å². The Bertz CT molecular complexity index is 523. The summed E-state index contributed by atoms with van der Waals surface area (Å²) in [6.07, 6.45) is 1.14. The Morgan fingerprint density at radius 2 is 2.11 bits per heavy atom. The molecule has 2 rings (SSSR count). The van der Waals surface area contributed by atoms with Crippen LogP contribution in [-0.4, -0.2) is 26.2 Å². The van der Waals surface area contributed by atoms with E-state index >= 15 is 0 Å². The molecule has 1 aromatic rings. The SMILES string of the molecule is Nc1cc(F)cc(S(=O)(=O)NCC(O)C2CC2)c1. The highest BCUT2D eigenvalue weighted by atomic mass is 32.2. The van der Waals surface area contributed by atoms with E-state index in [-0.39, 0.29) is 23.0 Å². The van der Waals surface area contributed by atoms with Crippen LogP contribution >= 0.6 is 0 Å². The maximum absolute atomic E-state index is 13.1. The van der Waals surface area contributed by atoms with E-state index in [0.717, 1.165) is 25.0 Å². The summed E-state index contributed by atoms with van der Waals surface area (Å²) < 4.78 is 39.0. The zero-order chi connectivity index (χ0) is 13.3. The molecular formula is C11H15FN2O3S. The van der Waals surface area contributed by atoms with Crippen LogP contribution in [0.5, 0.6) is 0 Å². The number of rotatable bonds is 5. The van der Waals surface area contributed by atoms with E-state index in [4.69, 9.17) is 5.73 Å². The summed E-state index contributed by atoms with van der Waals surface area (Å²) in [5.41, 5.74) is 5.43. The zero-order valence-electron chi connectivity index (χ0n) is 9.64. The molecule has 0 aromatic heterocycles. The van der Waals surface area contributed by atoms with Gasteiger partial charge in [0.25, 0.3) is 0 Å². The fourth-order valence-corrected chi connectivity index (χ4v) is 2.78. The van der Waals surface area contributed by atoms with Gasteiger partial charge in [-0.3, -0.25) is 0 Å². The van der Waals surface area contributed by atoms with Crippen LogP contribution in [0.2, 0.25) is 0 Å². The average Bonchev–Trinajstić information content (AvgIpc) is 3.08. The lowest BCUT2D eigenvalue weighted by Crippen LogP contribution is -2.33. The summed E-state index contributed by atoms with van der Waals surface area (Å²) in [7, 11) is -3.84. The van der Waals surface area contributed by atoms with Crippen molar-refractivity contribution < 1.29 is 17.9 Å². The molecule has 1 atom stereocenters. The number of benzene rings is 1. The molecule has 1 saturated carbocycles. The van der Waals surface area contributed by atoms with Gasteiger partial charge in [0.2, 0.25) is 10.0 Å². The highest BCUT2D eigenvalue weighted by molar-refractivity contribution is 7.89. The molecule has 1 unspecified atom stereocenters. The van der Waals surface area contributed by atoms with Gasteiger partial charge >= 0.3 is 0 Å². The first-order chi connectivity index (χ1) is 8.38. The molecule has 0 spiro atoms. The molecule has 1 fully saturated rings. The average molecular weight is 274 g/mol. The second-order valence-electron chi connectivity index (χ2n) is 4.48. The second kappa shape index (κ2) is 4.83. The van der Waals surface area contributed by atoms with Crippen LogP contribution in [0.25, 0.3) is 0 Å². The van der Waals surface area contributed by atoms with Crippen molar-refractivity contribution in [2.24, 2.45) is 5.92 Å². The number of nitrogens with two attached hydrogens (primary N) is 1. The number of aliphatic hydroxyl groups excluding tert-OH is 1. The summed E-state index contributed by atoms with van der Waals surface area (Å²) in [4.78, 5) is -0.233. The monoisotopic (exact) mass is 274 g/mol. The van der Waals surface area contributed by atoms with Crippen LogP contribution in [0, 0.1) is 11.7 Å². The van der Waals surface area contributed by atoms with Crippen LogP contribution < -0.4 is 10.5 Å². The van der Waals surface area contributed by atoms with E-state index in [1.165, 1.54) is 6.07 Å². The van der Waals surface area contributed by atoms with Gasteiger partial charge in [-0.15, -0.1) is 0 Å². The Balaban J connectivity index is 2.09. The molecule has 1 aliphatic rings. The van der Waals surface area contributed by atoms with Crippen LogP contribution in [0.1, 0.15) is 12.8 Å². The van der Waals surface area contributed by atoms with Crippen molar-refractivity contribution in [1.29, 1.82) is 0 Å². The molecule has 5 nitrogen and oxygen atoms in total. The third kappa shape index (κ3) is 3.18. The fourth-order valence-electron chi connectivity index (χ4n) is 1.67. The van der Waals surface area contributed by atoms with Gasteiger partial charge in [0.15, 0.2) is 0 Å². The molecule has 0 radical (unpaired) electrons. The van der Waals surface area contributed by atoms with Gasteiger partial charge in [-0.1, -0.05) is 0 Å². The molecule has 0 saturated heterocycles. The third-order valence-corrected chi connectivity index (χ3v) is 4.26. The molecule has 1 aliphatic carbocycles. The van der Waals surface area contributed by atoms with E-state index < -0.39 is 21.9 Å². The topological polar surface area (TPSA) is 92.4 Å². The van der Waals surface area contributed by atoms with Crippen molar-refractivity contribution in [2.75, 3.05) is 12.3 Å². The lowest BCUT2D eigenvalue weighted by Gasteiger charge is -2.11. The number of hydrogen-bond donors (Lipinski definition) is 3. The molecule has 100 valence electrons. The molecule has 0 amide bonds. The summed E-state index contributed by atoms with van der Waals surface area (Å²) in [5, 5.41) is 9.58. The molecule has 0 heterocycles. The number of sulfonamides is 1. The van der Waals surface area contributed by atoms with Crippen LogP contribution in [-0.2, 0) is 10.0 Å². The Kier molecular flexibility index (Phi) is 3.56. The van der Waals surface area contributed by atoms with Crippen molar-refractivity contribution in [3.05, 3.63) is 24.0 Å². The van der Waals surface area contributed by atoms with Crippen molar-refractivity contribution >= 4 is 15.7 Å². The third-order valence-electron chi connectivity index (χ3n) is 2.85. The fraction of sp³-hybridized carbons (Fsp3) is 0.455. The smallest absolute Gasteiger partial charge is 0.240 e. The largest absolute Gasteiger partial charge is 0.399 e. The number of aliphatic hydroxyl groups is 1. The van der Waals surface area contributed by atoms with E-state index in [9.17, 15) is 17.9 Å². The number of hydrogen-bond acceptors (Lipinski definition) is 4. The lowest BCUT2D eigenvalue weighted by molar-refractivity contribution is 0.155. The van der Waals surface area contributed by atoms with Gasteiger partial charge in [-0.05, 0) is 37.0 Å². The number of nitrogen functional groups attached to an aromatic ring is 1. The molecule has 0 bridgehead atoms. The summed E-state index contributed by atoms with van der Waals surface area (Å²) in [6, 6.07) is 3.11. The quantitative estimate of drug-likeness (QED) is 0.680. The molecule has 0 aliphatic heterocycles. The van der Waals surface area contributed by atoms with Gasteiger partial charge in [0.1, 0.15) is 5.82 Å². The van der Waals surface area contributed by atoms with E-state index in [2.05, 4.69) is 4.72 Å². The molecule has 7 heteroatoms. The van der Waals surface area contributed by atoms with Gasteiger partial charge < -0.3 is 10.8 Å². The summed E-state index contributed by atoms with van der Waals surface area (Å²) in [6.45, 7) is -0.0661. The maximum atomic E-state index is 13.1. The molecule has 18 heavy (non-hydrogen) atoms. The highest BCUT2D eigenvalue weighted by Crippen LogP contribution is 2.32. The van der Waals surface area contributed by atoms with Gasteiger partial charge in [0.05, 0.1) is 11.0 Å². The Hall–Kier alpha value is -1.18. The first-order valence-electron chi connectivity index (χ1n) is 5.62. The predicted octanol–water partition coefficient (Wildman–Crippen LogP) is 0.457. The summed E-state index contributed by atoms with van der Waals surface area (Å²) >= 11 is 0. The minimum atomic E-state index is -3.84. The first kappa shape index (κ1) is 13.3. The predicted molar refractivity (Wildman–Crippen MR) is 64.7 cm³/mol. The Morgan fingerprint density at radius 1 is 1.44 bits per heavy atom. The standard InChI is InChI=1S/C11H15FN2O3S/c12-8-3-9(13)5-10(4-8)18(16,17)14-6-11(15)7-1-2-7/h3-5,7,11,14-15H,1-2,6,13H2. The Morgan fingerprint density at radius 3 is 2.67 bits per heavy atom. The van der Waals surface area contributed by atoms with Crippen LogP contribution in [0.15, 0.2) is 23.1 Å². The van der Waals surface area contributed by atoms with Crippen LogP contribution in [0.4, 0.5) is 10.1 Å². The maximum Gasteiger partial charge on any atom is 0.240 e. The first-order valence-corrected chi connectivity index (χ1v) is 7.10. The van der Waals surface area contributed by atoms with Crippen molar-refractivity contribution in [1.82, 2.24) is 4.72 Å². The van der Waals surface area contributed by atoms with Crippen molar-refractivity contribution in [2.45, 2.75) is 23.8 Å². The molecular weight excluding hydrogens is 259 g/mol. The van der Waals surface area contributed by atoms with E-state index in [1.54, 1.807) is 0 Å².